The first-order chi connectivity index (χ1) is 11.5. The highest BCUT2D eigenvalue weighted by Crippen LogP contribution is 2.53. The number of nitrogens with zero attached hydrogens (tertiary/aromatic N) is 3. The number of fused-ring (bicyclic) bond motifs is 1. The summed E-state index contributed by atoms with van der Waals surface area (Å²) < 4.78 is 0. The molecule has 2 N–H and O–H groups in total. The zero-order chi connectivity index (χ0) is 17.5. The molecule has 5 nitrogen and oxygen atoms in total. The minimum absolute atomic E-state index is 0.0603. The Morgan fingerprint density at radius 3 is 2.54 bits per heavy atom. The first kappa shape index (κ1) is 16.4. The Morgan fingerprint density at radius 1 is 1.29 bits per heavy atom. The maximum Gasteiger partial charge on any atom is 0.190 e. The highest BCUT2D eigenvalue weighted by atomic mass is 32.1. The molecule has 3 rings (SSSR count). The fourth-order valence-electron chi connectivity index (χ4n) is 3.98. The molecule has 1 aromatic rings. The zero-order valence-electron chi connectivity index (χ0n) is 13.6. The van der Waals surface area contributed by atoms with Crippen LogP contribution in [0.15, 0.2) is 23.8 Å². The largest absolute Gasteiger partial charge is 0.334 e. The van der Waals surface area contributed by atoms with Gasteiger partial charge in [-0.05, 0) is 30.7 Å². The van der Waals surface area contributed by atoms with E-state index < -0.39 is 11.3 Å². The van der Waals surface area contributed by atoms with Gasteiger partial charge in [0.15, 0.2) is 5.41 Å². The molecule has 0 amide bonds. The van der Waals surface area contributed by atoms with E-state index in [-0.39, 0.29) is 17.5 Å². The van der Waals surface area contributed by atoms with Crippen LogP contribution in [0.25, 0.3) is 0 Å². The van der Waals surface area contributed by atoms with Gasteiger partial charge in [0.25, 0.3) is 0 Å². The van der Waals surface area contributed by atoms with Crippen molar-refractivity contribution < 1.29 is 4.90 Å². The van der Waals surface area contributed by atoms with Crippen molar-refractivity contribution in [1.29, 1.82) is 21.2 Å². The van der Waals surface area contributed by atoms with Crippen molar-refractivity contribution in [2.24, 2.45) is 17.3 Å². The summed E-state index contributed by atoms with van der Waals surface area (Å²) in [6.45, 7) is 3.57. The fourth-order valence-corrected chi connectivity index (χ4v) is 5.09. The van der Waals surface area contributed by atoms with Crippen LogP contribution in [0.3, 0.4) is 0 Å². The molecule has 2 heterocycles. The van der Waals surface area contributed by atoms with Crippen LogP contribution >= 0.6 is 11.3 Å². The molecule has 1 fully saturated rings. The molecule has 120 valence electrons. The van der Waals surface area contributed by atoms with E-state index in [0.717, 1.165) is 28.4 Å². The fraction of sp³-hybridized carbons (Fsp3) is 0.444. The van der Waals surface area contributed by atoms with Gasteiger partial charge in [0, 0.05) is 21.6 Å². The standard InChI is InChI=1S/C18H17N5S/c1-11-3-4-15(24-11)16-14-8-23(2)6-5-12(14)13(7-19)17(22)18(16,9-20)10-21/h3-5,13-14,16,22H,6,8H2,1-2H3/p+1/t13-,14-,16-/m0/s1. The molecule has 0 saturated heterocycles. The molecule has 0 aromatic carbocycles. The van der Waals surface area contributed by atoms with E-state index >= 15 is 0 Å². The summed E-state index contributed by atoms with van der Waals surface area (Å²) in [5.41, 5.74) is -0.712. The summed E-state index contributed by atoms with van der Waals surface area (Å²) in [5, 5.41) is 37.8. The lowest BCUT2D eigenvalue weighted by atomic mass is 9.55. The predicted octanol–water partition coefficient (Wildman–Crippen LogP) is 1.42. The number of hydrogen-bond acceptors (Lipinski definition) is 5. The van der Waals surface area contributed by atoms with E-state index in [1.54, 1.807) is 11.3 Å². The Hall–Kier alpha value is -2.46. The molecule has 1 saturated carbocycles. The average molecular weight is 336 g/mol. The average Bonchev–Trinajstić information content (AvgIpc) is 3.00. The van der Waals surface area contributed by atoms with E-state index in [9.17, 15) is 15.8 Å². The van der Waals surface area contributed by atoms with Crippen LogP contribution in [0.1, 0.15) is 15.7 Å². The zero-order valence-corrected chi connectivity index (χ0v) is 14.4. The van der Waals surface area contributed by atoms with Crippen LogP contribution in [-0.2, 0) is 0 Å². The summed E-state index contributed by atoms with van der Waals surface area (Å²) in [5.74, 6) is -1.21. The van der Waals surface area contributed by atoms with Gasteiger partial charge in [-0.3, -0.25) is 0 Å². The Kier molecular flexibility index (Phi) is 4.01. The molecule has 24 heavy (non-hydrogen) atoms. The third-order valence-corrected chi connectivity index (χ3v) is 6.23. The summed E-state index contributed by atoms with van der Waals surface area (Å²) in [7, 11) is 2.08. The normalized spacial score (nSPS) is 31.1. The maximum absolute atomic E-state index is 9.88. The molecule has 4 atom stereocenters. The van der Waals surface area contributed by atoms with Gasteiger partial charge >= 0.3 is 0 Å². The Bertz CT molecular complexity index is 830. The Morgan fingerprint density at radius 2 is 2.00 bits per heavy atom. The molecule has 1 aromatic heterocycles. The minimum Gasteiger partial charge on any atom is -0.334 e. The monoisotopic (exact) mass is 336 g/mol. The van der Waals surface area contributed by atoms with Crippen LogP contribution in [0.5, 0.6) is 0 Å². The summed E-state index contributed by atoms with van der Waals surface area (Å²) >= 11 is 1.58. The van der Waals surface area contributed by atoms with Gasteiger partial charge in [-0.2, -0.15) is 15.8 Å². The van der Waals surface area contributed by atoms with Crippen LogP contribution in [0.2, 0.25) is 0 Å². The van der Waals surface area contributed by atoms with Gasteiger partial charge in [0.1, 0.15) is 5.92 Å². The van der Waals surface area contributed by atoms with E-state index in [0.29, 0.717) is 0 Å². The minimum atomic E-state index is -1.57. The van der Waals surface area contributed by atoms with Crippen LogP contribution in [0.4, 0.5) is 0 Å². The summed E-state index contributed by atoms with van der Waals surface area (Å²) in [4.78, 5) is 3.37. The second-order valence-corrected chi connectivity index (χ2v) is 7.93. The second-order valence-electron chi connectivity index (χ2n) is 6.61. The molecule has 0 spiro atoms. The number of aryl methyl sites for hydroxylation is 1. The molecule has 1 aliphatic carbocycles. The predicted molar refractivity (Wildman–Crippen MR) is 90.5 cm³/mol. The first-order valence-corrected chi connectivity index (χ1v) is 8.68. The van der Waals surface area contributed by atoms with E-state index in [1.807, 2.05) is 25.1 Å². The third kappa shape index (κ3) is 2.18. The number of hydrogen-bond donors (Lipinski definition) is 2. The van der Waals surface area contributed by atoms with Gasteiger partial charge in [-0.15, -0.1) is 11.3 Å². The number of nitrogens with one attached hydrogen (secondary N) is 2. The van der Waals surface area contributed by atoms with Crippen molar-refractivity contribution in [2.75, 3.05) is 20.1 Å². The third-order valence-electron chi connectivity index (χ3n) is 5.15. The molecule has 1 unspecified atom stereocenters. The molecule has 1 aliphatic heterocycles. The number of likely N-dealkylation sites (N-methyl/N-ethyl adjacent to an activating group) is 1. The summed E-state index contributed by atoms with van der Waals surface area (Å²) in [6.07, 6.45) is 2.04. The lowest BCUT2D eigenvalue weighted by molar-refractivity contribution is -0.878. The maximum atomic E-state index is 9.88. The van der Waals surface area contributed by atoms with Gasteiger partial charge < -0.3 is 10.3 Å². The second kappa shape index (κ2) is 5.87. The number of thiophene rings is 1. The van der Waals surface area contributed by atoms with Crippen molar-refractivity contribution in [3.63, 3.8) is 0 Å². The van der Waals surface area contributed by atoms with Crippen molar-refractivity contribution in [1.82, 2.24) is 0 Å². The van der Waals surface area contributed by atoms with Gasteiger partial charge in [-0.1, -0.05) is 0 Å². The van der Waals surface area contributed by atoms with Gasteiger partial charge in [0.2, 0.25) is 0 Å². The van der Waals surface area contributed by atoms with Crippen molar-refractivity contribution in [3.05, 3.63) is 33.5 Å². The smallest absolute Gasteiger partial charge is 0.190 e. The van der Waals surface area contributed by atoms with Crippen molar-refractivity contribution >= 4 is 17.0 Å². The van der Waals surface area contributed by atoms with Crippen LogP contribution in [0, 0.1) is 63.6 Å². The SMILES string of the molecule is Cc1ccc([C@@H]2[C@H]3C[NH+](C)CC=C3[C@H](C#N)C(=N)C2(C#N)C#N)s1. The topological polar surface area (TPSA) is 99.7 Å². The van der Waals surface area contributed by atoms with Crippen LogP contribution < -0.4 is 4.90 Å². The number of nitriles is 3. The van der Waals surface area contributed by atoms with Crippen molar-refractivity contribution in [3.8, 4) is 18.2 Å². The highest BCUT2D eigenvalue weighted by Gasteiger charge is 2.58. The Balaban J connectivity index is 2.26. The van der Waals surface area contributed by atoms with E-state index in [2.05, 4.69) is 25.3 Å². The lowest BCUT2D eigenvalue weighted by Crippen LogP contribution is -3.10. The van der Waals surface area contributed by atoms with E-state index in [4.69, 9.17) is 5.41 Å². The first-order valence-electron chi connectivity index (χ1n) is 7.87. The molecule has 0 radical (unpaired) electrons. The quantitative estimate of drug-likeness (QED) is 0.759. The van der Waals surface area contributed by atoms with Crippen LogP contribution in [-0.4, -0.2) is 25.8 Å². The van der Waals surface area contributed by atoms with Gasteiger partial charge in [-0.25, -0.2) is 0 Å². The van der Waals surface area contributed by atoms with E-state index in [1.165, 1.54) is 4.90 Å². The number of rotatable bonds is 1. The highest BCUT2D eigenvalue weighted by molar-refractivity contribution is 7.12. The number of quaternary nitrogens is 1. The molecule has 6 heteroatoms. The van der Waals surface area contributed by atoms with Crippen molar-refractivity contribution in [2.45, 2.75) is 12.8 Å². The Labute approximate surface area is 145 Å². The molecule has 2 aliphatic rings. The molecule has 0 bridgehead atoms. The molecular formula is C18H18N5S+. The van der Waals surface area contributed by atoms with Gasteiger partial charge in [0.05, 0.1) is 44.1 Å². The molecular weight excluding hydrogens is 318 g/mol. The summed E-state index contributed by atoms with van der Waals surface area (Å²) in [6, 6.07) is 10.4. The lowest BCUT2D eigenvalue weighted by Gasteiger charge is -2.45.